The van der Waals surface area contributed by atoms with Crippen LogP contribution >= 0.6 is 0 Å². The second-order valence-corrected chi connectivity index (χ2v) is 12.5. The van der Waals surface area contributed by atoms with Gasteiger partial charge in [0, 0.05) is 43.9 Å². The second kappa shape index (κ2) is 11.0. The lowest BCUT2D eigenvalue weighted by Crippen LogP contribution is -2.01. The monoisotopic (exact) mass is 638 g/mol. The van der Waals surface area contributed by atoms with Crippen LogP contribution in [-0.4, -0.2) is 14.5 Å². The molecule has 5 heteroatoms. The van der Waals surface area contributed by atoms with Crippen molar-refractivity contribution in [2.75, 3.05) is 0 Å². The van der Waals surface area contributed by atoms with Crippen molar-refractivity contribution < 1.29 is 4.42 Å². The highest BCUT2D eigenvalue weighted by Crippen LogP contribution is 2.43. The summed E-state index contributed by atoms with van der Waals surface area (Å²) >= 11 is 0. The Kier molecular flexibility index (Phi) is 6.17. The number of fused-ring (bicyclic) bond motifs is 8. The molecule has 10 aromatic rings. The summed E-state index contributed by atoms with van der Waals surface area (Å²) in [5, 5.41) is 17.3. The topological polar surface area (TPSA) is 67.6 Å². The summed E-state index contributed by atoms with van der Waals surface area (Å²) in [4.78, 5) is 10.1. The summed E-state index contributed by atoms with van der Waals surface area (Å²) in [5.74, 6) is 0.563. The van der Waals surface area contributed by atoms with E-state index in [9.17, 15) is 5.26 Å². The predicted octanol–water partition coefficient (Wildman–Crippen LogP) is 11.5. The van der Waals surface area contributed by atoms with Gasteiger partial charge in [0.25, 0.3) is 0 Å². The highest BCUT2D eigenvalue weighted by atomic mass is 16.3. The van der Waals surface area contributed by atoms with E-state index in [1.54, 1.807) is 0 Å². The van der Waals surface area contributed by atoms with Gasteiger partial charge in [0.2, 0.25) is 0 Å². The first-order valence-electron chi connectivity index (χ1n) is 16.6. The van der Waals surface area contributed by atoms with Crippen LogP contribution in [0.4, 0.5) is 0 Å². The molecule has 7 aromatic carbocycles. The fourth-order valence-corrected chi connectivity index (χ4v) is 7.37. The smallest absolute Gasteiger partial charge is 0.160 e. The molecular weight excluding hydrogens is 613 g/mol. The molecule has 0 radical (unpaired) electrons. The Hall–Kier alpha value is -7.03. The second-order valence-electron chi connectivity index (χ2n) is 12.5. The Bertz CT molecular complexity index is 2990. The van der Waals surface area contributed by atoms with Gasteiger partial charge in [-0.05, 0) is 65.4 Å². The van der Waals surface area contributed by atoms with Crippen molar-refractivity contribution in [1.29, 1.82) is 5.26 Å². The minimum atomic E-state index is 0.429. The molecule has 0 fully saturated rings. The van der Waals surface area contributed by atoms with Gasteiger partial charge in [-0.15, -0.1) is 0 Å². The minimum Gasteiger partial charge on any atom is -0.456 e. The summed E-state index contributed by atoms with van der Waals surface area (Å²) in [6.45, 7) is 0. The van der Waals surface area contributed by atoms with Crippen molar-refractivity contribution in [2.45, 2.75) is 0 Å². The van der Waals surface area contributed by atoms with Gasteiger partial charge >= 0.3 is 0 Å². The van der Waals surface area contributed by atoms with E-state index in [2.05, 4.69) is 102 Å². The Morgan fingerprint density at radius 3 is 1.96 bits per heavy atom. The first kappa shape index (κ1) is 28.0. The molecular formula is C45H26N4O. The normalized spacial score (nSPS) is 11.6. The van der Waals surface area contributed by atoms with Crippen molar-refractivity contribution in [2.24, 2.45) is 0 Å². The number of furan rings is 1. The number of hydrogen-bond acceptors (Lipinski definition) is 4. The number of nitriles is 1. The Morgan fingerprint density at radius 1 is 0.500 bits per heavy atom. The van der Waals surface area contributed by atoms with Crippen molar-refractivity contribution >= 4 is 54.5 Å². The zero-order chi connectivity index (χ0) is 33.2. The van der Waals surface area contributed by atoms with E-state index in [-0.39, 0.29) is 0 Å². The third-order valence-corrected chi connectivity index (χ3v) is 9.63. The molecule has 3 heterocycles. The van der Waals surface area contributed by atoms with Crippen LogP contribution in [0.15, 0.2) is 162 Å². The van der Waals surface area contributed by atoms with E-state index in [1.807, 2.05) is 66.7 Å². The molecule has 0 atom stereocenters. The minimum absolute atomic E-state index is 0.429. The molecule has 0 saturated heterocycles. The molecule has 0 bridgehead atoms. The van der Waals surface area contributed by atoms with Crippen molar-refractivity contribution in [3.8, 4) is 45.7 Å². The maximum atomic E-state index is 10.8. The predicted molar refractivity (Wildman–Crippen MR) is 202 cm³/mol. The van der Waals surface area contributed by atoms with Crippen LogP contribution in [-0.2, 0) is 0 Å². The van der Waals surface area contributed by atoms with Gasteiger partial charge in [-0.3, -0.25) is 0 Å². The third-order valence-electron chi connectivity index (χ3n) is 9.63. The summed E-state index contributed by atoms with van der Waals surface area (Å²) in [7, 11) is 0. The molecule has 3 aromatic heterocycles. The number of hydrogen-bond donors (Lipinski definition) is 0. The molecule has 0 aliphatic rings. The Labute approximate surface area is 286 Å². The average molecular weight is 639 g/mol. The van der Waals surface area contributed by atoms with Crippen LogP contribution < -0.4 is 0 Å². The molecule has 0 unspecified atom stereocenters. The largest absolute Gasteiger partial charge is 0.456 e. The molecule has 232 valence electrons. The third kappa shape index (κ3) is 4.26. The van der Waals surface area contributed by atoms with Gasteiger partial charge < -0.3 is 8.98 Å². The SMILES string of the molecule is N#Cc1c(-c2ccc3ccccc3c2)nc(-c2ccccc2)nc1-c1ccc2oc3ccc4c(c5ccccc5n4-c4ccccc4)c3c2c1. The standard InChI is InChI=1S/C45H26N4O/c46-27-36-43(31-20-19-28-11-7-8-14-30(28)25-31)47-45(29-12-3-1-4-13-29)48-44(36)32-21-23-39-35(26-32)42-40(50-39)24-22-38-41(42)34-17-9-10-18-37(34)49(38)33-15-5-2-6-16-33/h1-26H. The van der Waals surface area contributed by atoms with E-state index in [1.165, 1.54) is 0 Å². The van der Waals surface area contributed by atoms with Gasteiger partial charge in [0.05, 0.1) is 22.4 Å². The van der Waals surface area contributed by atoms with Gasteiger partial charge in [-0.1, -0.05) is 103 Å². The molecule has 0 N–H and O–H groups in total. The van der Waals surface area contributed by atoms with E-state index in [0.717, 1.165) is 76.9 Å². The first-order chi connectivity index (χ1) is 24.7. The van der Waals surface area contributed by atoms with Crippen LogP contribution in [0.5, 0.6) is 0 Å². The van der Waals surface area contributed by atoms with Crippen LogP contribution in [0.25, 0.3) is 94.1 Å². The quantitative estimate of drug-likeness (QED) is 0.192. The fourth-order valence-electron chi connectivity index (χ4n) is 7.37. The molecule has 10 rings (SSSR count). The van der Waals surface area contributed by atoms with Crippen LogP contribution in [0.2, 0.25) is 0 Å². The van der Waals surface area contributed by atoms with Crippen LogP contribution in [0.3, 0.4) is 0 Å². The summed E-state index contributed by atoms with van der Waals surface area (Å²) in [6.07, 6.45) is 0. The van der Waals surface area contributed by atoms with Crippen molar-refractivity contribution in [3.05, 3.63) is 163 Å². The number of nitrogens with zero attached hydrogens (tertiary/aromatic N) is 4. The molecule has 50 heavy (non-hydrogen) atoms. The zero-order valence-electron chi connectivity index (χ0n) is 26.7. The molecule has 0 amide bonds. The molecule has 0 aliphatic heterocycles. The highest BCUT2D eigenvalue weighted by molar-refractivity contribution is 6.27. The number of para-hydroxylation sites is 2. The maximum absolute atomic E-state index is 10.8. The van der Waals surface area contributed by atoms with E-state index < -0.39 is 0 Å². The summed E-state index contributed by atoms with van der Waals surface area (Å²) in [5.41, 5.74) is 9.10. The van der Waals surface area contributed by atoms with Crippen molar-refractivity contribution in [1.82, 2.24) is 14.5 Å². The molecule has 5 nitrogen and oxygen atoms in total. The van der Waals surface area contributed by atoms with E-state index in [0.29, 0.717) is 22.8 Å². The Balaban J connectivity index is 1.26. The number of rotatable bonds is 4. The molecule has 0 aliphatic carbocycles. The van der Waals surface area contributed by atoms with Gasteiger partial charge in [0.1, 0.15) is 22.8 Å². The lowest BCUT2D eigenvalue weighted by atomic mass is 9.97. The lowest BCUT2D eigenvalue weighted by molar-refractivity contribution is 0.669. The maximum Gasteiger partial charge on any atom is 0.160 e. The first-order valence-corrected chi connectivity index (χ1v) is 16.6. The molecule has 0 spiro atoms. The van der Waals surface area contributed by atoms with Gasteiger partial charge in [-0.25, -0.2) is 9.97 Å². The highest BCUT2D eigenvalue weighted by Gasteiger charge is 2.22. The molecule has 0 saturated carbocycles. The summed E-state index contributed by atoms with van der Waals surface area (Å²) in [6, 6.07) is 56.2. The van der Waals surface area contributed by atoms with E-state index in [4.69, 9.17) is 14.4 Å². The van der Waals surface area contributed by atoms with Gasteiger partial charge in [0.15, 0.2) is 5.82 Å². The number of benzene rings is 7. The average Bonchev–Trinajstić information content (AvgIpc) is 3.73. The fraction of sp³-hybridized carbons (Fsp3) is 0. The van der Waals surface area contributed by atoms with E-state index >= 15 is 0 Å². The summed E-state index contributed by atoms with van der Waals surface area (Å²) < 4.78 is 8.80. The van der Waals surface area contributed by atoms with Crippen LogP contribution in [0.1, 0.15) is 5.56 Å². The van der Waals surface area contributed by atoms with Gasteiger partial charge in [-0.2, -0.15) is 5.26 Å². The van der Waals surface area contributed by atoms with Crippen LogP contribution in [0, 0.1) is 11.3 Å². The number of aromatic nitrogens is 3. The Morgan fingerprint density at radius 2 is 1.16 bits per heavy atom. The van der Waals surface area contributed by atoms with Crippen molar-refractivity contribution in [3.63, 3.8) is 0 Å². The zero-order valence-corrected chi connectivity index (χ0v) is 26.7. The lowest BCUT2D eigenvalue weighted by Gasteiger charge is -2.13.